The largest absolute Gasteiger partial charge is 0.455 e. The van der Waals surface area contributed by atoms with Crippen molar-refractivity contribution in [2.75, 3.05) is 9.80 Å². The molecule has 3 atom stereocenters. The summed E-state index contributed by atoms with van der Waals surface area (Å²) in [6, 6.07) is 37.9. The summed E-state index contributed by atoms with van der Waals surface area (Å²) in [5.41, 5.74) is 12.7. The van der Waals surface area contributed by atoms with Crippen molar-refractivity contribution in [3.8, 4) is 11.1 Å². The second kappa shape index (κ2) is 9.87. The number of nitrogens with zero attached hydrogens (tertiary/aromatic N) is 2. The quantitative estimate of drug-likeness (QED) is 0.187. The van der Waals surface area contributed by atoms with Gasteiger partial charge in [-0.1, -0.05) is 93.6 Å². The number of fused-ring (bicyclic) bond motifs is 8. The van der Waals surface area contributed by atoms with E-state index in [4.69, 9.17) is 4.42 Å². The first kappa shape index (κ1) is 27.8. The number of hydrogen-bond donors (Lipinski definition) is 0. The summed E-state index contributed by atoms with van der Waals surface area (Å²) >= 11 is 0. The van der Waals surface area contributed by atoms with Gasteiger partial charge in [0.2, 0.25) is 0 Å². The number of rotatable bonds is 5. The zero-order valence-electron chi connectivity index (χ0n) is 26.9. The molecule has 0 saturated heterocycles. The normalized spacial score (nSPS) is 22.0. The van der Waals surface area contributed by atoms with Crippen LogP contribution < -0.4 is 9.80 Å². The predicted molar refractivity (Wildman–Crippen MR) is 190 cm³/mol. The Bertz CT molecular complexity index is 2120. The maximum Gasteiger partial charge on any atom is 0.143 e. The molecule has 0 aliphatic carbocycles. The average molecular weight is 589 g/mol. The molecule has 6 aromatic rings. The maximum absolute atomic E-state index is 6.51. The zero-order chi connectivity index (χ0) is 31.1. The molecule has 45 heavy (non-hydrogen) atoms. The summed E-state index contributed by atoms with van der Waals surface area (Å²) in [6.07, 6.45) is 4.29. The maximum atomic E-state index is 6.51. The fourth-order valence-corrected chi connectivity index (χ4v) is 8.79. The van der Waals surface area contributed by atoms with E-state index in [1.54, 1.807) is 0 Å². The fraction of sp³-hybridized carbons (Fsp3) is 0.238. The summed E-state index contributed by atoms with van der Waals surface area (Å²) in [6.45, 7) is 16.1. The number of benzene rings is 5. The van der Waals surface area contributed by atoms with Crippen LogP contribution in [-0.2, 0) is 5.41 Å². The van der Waals surface area contributed by atoms with Gasteiger partial charge in [0.25, 0.3) is 0 Å². The number of hydrogen-bond acceptors (Lipinski definition) is 3. The van der Waals surface area contributed by atoms with Crippen LogP contribution in [0.25, 0.3) is 33.1 Å². The van der Waals surface area contributed by atoms with E-state index in [0.717, 1.165) is 45.9 Å². The van der Waals surface area contributed by atoms with E-state index in [1.807, 2.05) is 6.07 Å². The first-order valence-electron chi connectivity index (χ1n) is 16.3. The molecule has 8 rings (SSSR count). The summed E-state index contributed by atoms with van der Waals surface area (Å²) in [5, 5.41) is 2.30. The molecule has 0 bridgehead atoms. The minimum atomic E-state index is -0.230. The lowest BCUT2D eigenvalue weighted by molar-refractivity contribution is 0.132. The third kappa shape index (κ3) is 3.64. The van der Waals surface area contributed by atoms with Gasteiger partial charge in [0.05, 0.1) is 11.4 Å². The molecule has 3 nitrogen and oxygen atoms in total. The van der Waals surface area contributed by atoms with Crippen LogP contribution in [0.4, 0.5) is 22.7 Å². The van der Waals surface area contributed by atoms with Crippen molar-refractivity contribution in [2.24, 2.45) is 5.41 Å². The molecule has 2 aliphatic heterocycles. The van der Waals surface area contributed by atoms with E-state index < -0.39 is 0 Å². The van der Waals surface area contributed by atoms with Gasteiger partial charge in [-0.3, -0.25) is 0 Å². The van der Waals surface area contributed by atoms with Crippen molar-refractivity contribution in [2.45, 2.75) is 59.0 Å². The zero-order valence-corrected chi connectivity index (χ0v) is 26.9. The van der Waals surface area contributed by atoms with Crippen molar-refractivity contribution in [3.05, 3.63) is 132 Å². The topological polar surface area (TPSA) is 19.6 Å². The molecule has 3 heterocycles. The van der Waals surface area contributed by atoms with E-state index in [2.05, 4.69) is 154 Å². The van der Waals surface area contributed by atoms with Crippen molar-refractivity contribution >= 4 is 44.7 Å². The lowest BCUT2D eigenvalue weighted by Crippen LogP contribution is -2.62. The summed E-state index contributed by atoms with van der Waals surface area (Å²) in [4.78, 5) is 5.23. The molecule has 3 unspecified atom stereocenters. The molecule has 2 aliphatic rings. The van der Waals surface area contributed by atoms with E-state index in [1.165, 1.54) is 39.4 Å². The van der Waals surface area contributed by atoms with Crippen LogP contribution in [0.2, 0.25) is 0 Å². The Morgan fingerprint density at radius 1 is 0.733 bits per heavy atom. The van der Waals surface area contributed by atoms with E-state index in [-0.39, 0.29) is 17.0 Å². The van der Waals surface area contributed by atoms with Gasteiger partial charge in [0.15, 0.2) is 0 Å². The van der Waals surface area contributed by atoms with Crippen LogP contribution >= 0.6 is 0 Å². The SMILES string of the molecule is C=CC1(CC)C2N(c3cc(C)cc(C)c3)c3ccc(-c4cccc5c4oc4ccccc45)cc3N2c2ccccc2C1(C)CC. The van der Waals surface area contributed by atoms with Gasteiger partial charge in [-0.15, -0.1) is 6.58 Å². The second-order valence-corrected chi connectivity index (χ2v) is 13.2. The minimum absolute atomic E-state index is 0.0216. The molecule has 0 fully saturated rings. The molecular formula is C42H40N2O. The molecule has 0 saturated carbocycles. The Kier molecular flexibility index (Phi) is 6.09. The summed E-state index contributed by atoms with van der Waals surface area (Å²) in [5.74, 6) is 0. The van der Waals surface area contributed by atoms with Gasteiger partial charge in [-0.2, -0.15) is 0 Å². The Balaban J connectivity index is 1.44. The molecule has 0 radical (unpaired) electrons. The smallest absolute Gasteiger partial charge is 0.143 e. The molecular weight excluding hydrogens is 548 g/mol. The second-order valence-electron chi connectivity index (χ2n) is 13.2. The highest BCUT2D eigenvalue weighted by molar-refractivity contribution is 6.10. The first-order valence-corrected chi connectivity index (χ1v) is 16.3. The number of furan rings is 1. The van der Waals surface area contributed by atoms with Gasteiger partial charge >= 0.3 is 0 Å². The molecule has 224 valence electrons. The van der Waals surface area contributed by atoms with Crippen LogP contribution in [0.5, 0.6) is 0 Å². The number of anilines is 4. The third-order valence-corrected chi connectivity index (χ3v) is 11.1. The summed E-state index contributed by atoms with van der Waals surface area (Å²) in [7, 11) is 0. The molecule has 5 aromatic carbocycles. The lowest BCUT2D eigenvalue weighted by atomic mass is 9.54. The molecule has 0 spiro atoms. The Labute approximate surface area is 266 Å². The number of aryl methyl sites for hydroxylation is 2. The third-order valence-electron chi connectivity index (χ3n) is 11.1. The van der Waals surface area contributed by atoms with Crippen LogP contribution in [0, 0.1) is 19.3 Å². The first-order chi connectivity index (χ1) is 21.8. The highest BCUT2D eigenvalue weighted by Crippen LogP contribution is 2.65. The Morgan fingerprint density at radius 2 is 1.47 bits per heavy atom. The molecule has 3 heteroatoms. The Hall–Kier alpha value is -4.76. The van der Waals surface area contributed by atoms with Crippen molar-refractivity contribution in [3.63, 3.8) is 0 Å². The van der Waals surface area contributed by atoms with Crippen molar-refractivity contribution < 1.29 is 4.42 Å². The molecule has 1 aromatic heterocycles. The molecule has 0 N–H and O–H groups in total. The van der Waals surface area contributed by atoms with Crippen LogP contribution in [0.15, 0.2) is 120 Å². The van der Waals surface area contributed by atoms with E-state index in [9.17, 15) is 0 Å². The van der Waals surface area contributed by atoms with Gasteiger partial charge in [-0.25, -0.2) is 0 Å². The lowest BCUT2D eigenvalue weighted by Gasteiger charge is -2.59. The van der Waals surface area contributed by atoms with E-state index >= 15 is 0 Å². The van der Waals surface area contributed by atoms with Gasteiger partial charge < -0.3 is 14.2 Å². The number of para-hydroxylation sites is 3. The Morgan fingerprint density at radius 3 is 2.22 bits per heavy atom. The highest BCUT2D eigenvalue weighted by Gasteiger charge is 2.61. The average Bonchev–Trinajstić information content (AvgIpc) is 3.61. The molecule has 0 amide bonds. The van der Waals surface area contributed by atoms with Crippen LogP contribution in [0.3, 0.4) is 0 Å². The van der Waals surface area contributed by atoms with E-state index in [0.29, 0.717) is 0 Å². The monoisotopic (exact) mass is 588 g/mol. The fourth-order valence-electron chi connectivity index (χ4n) is 8.79. The minimum Gasteiger partial charge on any atom is -0.455 e. The summed E-state index contributed by atoms with van der Waals surface area (Å²) < 4.78 is 6.51. The van der Waals surface area contributed by atoms with Gasteiger partial charge in [-0.05, 0) is 85.3 Å². The van der Waals surface area contributed by atoms with Crippen LogP contribution in [-0.4, -0.2) is 6.17 Å². The highest BCUT2D eigenvalue weighted by atomic mass is 16.3. The predicted octanol–water partition coefficient (Wildman–Crippen LogP) is 11.7. The van der Waals surface area contributed by atoms with Crippen molar-refractivity contribution in [1.29, 1.82) is 0 Å². The van der Waals surface area contributed by atoms with Crippen LogP contribution in [0.1, 0.15) is 50.3 Å². The standard InChI is InChI=1S/C42H40N2O/c1-7-41(6)34-18-11-12-19-35(34)44-37-26-29(31-16-14-17-33-32-15-10-13-20-38(32)45-39(31)33)21-22-36(37)43(40(44)42(41,8-2)9-3)30-24-27(4)23-28(5)25-30/h8,10-26,40H,2,7,9H2,1,3-6H3. The van der Waals surface area contributed by atoms with Crippen molar-refractivity contribution in [1.82, 2.24) is 0 Å². The van der Waals surface area contributed by atoms with Gasteiger partial charge in [0.1, 0.15) is 17.3 Å². The van der Waals surface area contributed by atoms with Gasteiger partial charge in [0, 0.05) is 38.5 Å².